The van der Waals surface area contributed by atoms with E-state index in [0.29, 0.717) is 12.1 Å². The molecule has 84 valence electrons. The molecule has 1 heterocycles. The molecule has 6 heteroatoms. The van der Waals surface area contributed by atoms with Gasteiger partial charge in [0.2, 0.25) is 0 Å². The lowest BCUT2D eigenvalue weighted by molar-refractivity contribution is 0.589. The highest BCUT2D eigenvalue weighted by molar-refractivity contribution is 9.10. The minimum atomic E-state index is -2.96. The van der Waals surface area contributed by atoms with E-state index < -0.39 is 9.84 Å². The fraction of sp³-hybridized carbons (Fsp3) is 0.444. The molecule has 0 fully saturated rings. The largest absolute Gasteiger partial charge is 0.323 e. The first kappa shape index (κ1) is 12.6. The van der Waals surface area contributed by atoms with Gasteiger partial charge in [0.05, 0.1) is 11.4 Å². The Morgan fingerprint density at radius 1 is 1.60 bits per heavy atom. The van der Waals surface area contributed by atoms with Gasteiger partial charge in [0, 0.05) is 23.0 Å². The average molecular weight is 293 g/mol. The fourth-order valence-corrected chi connectivity index (χ4v) is 2.38. The van der Waals surface area contributed by atoms with Gasteiger partial charge in [-0.25, -0.2) is 8.42 Å². The van der Waals surface area contributed by atoms with Gasteiger partial charge in [-0.15, -0.1) is 0 Å². The van der Waals surface area contributed by atoms with Gasteiger partial charge in [0.25, 0.3) is 0 Å². The van der Waals surface area contributed by atoms with Crippen molar-refractivity contribution in [2.45, 2.75) is 12.5 Å². The molecule has 1 unspecified atom stereocenters. The molecule has 0 amide bonds. The summed E-state index contributed by atoms with van der Waals surface area (Å²) in [5.74, 6) is 0.0805. The summed E-state index contributed by atoms with van der Waals surface area (Å²) >= 11 is 3.33. The van der Waals surface area contributed by atoms with E-state index in [-0.39, 0.29) is 11.8 Å². The van der Waals surface area contributed by atoms with Gasteiger partial charge in [0.15, 0.2) is 0 Å². The first-order valence-corrected chi connectivity index (χ1v) is 7.29. The number of nitrogens with two attached hydrogens (primary N) is 1. The highest BCUT2D eigenvalue weighted by Crippen LogP contribution is 2.21. The molecule has 0 aliphatic heterocycles. The van der Waals surface area contributed by atoms with Crippen LogP contribution in [0.4, 0.5) is 0 Å². The Morgan fingerprint density at radius 3 is 2.80 bits per heavy atom. The molecule has 0 saturated heterocycles. The van der Waals surface area contributed by atoms with Crippen LogP contribution in [0.2, 0.25) is 0 Å². The topological polar surface area (TPSA) is 73.0 Å². The van der Waals surface area contributed by atoms with Crippen molar-refractivity contribution in [2.75, 3.05) is 12.0 Å². The SMILES string of the molecule is CS(=O)(=O)CCC(N)c1ncccc1Br. The van der Waals surface area contributed by atoms with E-state index in [1.807, 2.05) is 6.07 Å². The minimum Gasteiger partial charge on any atom is -0.323 e. The molecule has 0 spiro atoms. The standard InChI is InChI=1S/C9H13BrN2O2S/c1-15(13,14)6-4-8(11)9-7(10)3-2-5-12-9/h2-3,5,8H,4,6,11H2,1H3. The molecule has 1 rings (SSSR count). The maximum Gasteiger partial charge on any atom is 0.147 e. The van der Waals surface area contributed by atoms with Gasteiger partial charge in [-0.2, -0.15) is 0 Å². The van der Waals surface area contributed by atoms with Crippen LogP contribution in [0.15, 0.2) is 22.8 Å². The summed E-state index contributed by atoms with van der Waals surface area (Å²) in [5, 5.41) is 0. The van der Waals surface area contributed by atoms with Crippen molar-refractivity contribution in [1.29, 1.82) is 0 Å². The molecule has 1 atom stereocenters. The van der Waals surface area contributed by atoms with Crippen molar-refractivity contribution >= 4 is 25.8 Å². The van der Waals surface area contributed by atoms with Crippen molar-refractivity contribution in [3.63, 3.8) is 0 Å². The maximum absolute atomic E-state index is 11.0. The number of rotatable bonds is 4. The second-order valence-electron chi connectivity index (χ2n) is 3.40. The number of nitrogens with zero attached hydrogens (tertiary/aromatic N) is 1. The first-order valence-electron chi connectivity index (χ1n) is 4.44. The van der Waals surface area contributed by atoms with Crippen LogP contribution in [0, 0.1) is 0 Å². The van der Waals surface area contributed by atoms with Crippen LogP contribution in [0.3, 0.4) is 0 Å². The quantitative estimate of drug-likeness (QED) is 0.907. The van der Waals surface area contributed by atoms with Crippen molar-refractivity contribution < 1.29 is 8.42 Å². The summed E-state index contributed by atoms with van der Waals surface area (Å²) in [4.78, 5) is 4.11. The summed E-state index contributed by atoms with van der Waals surface area (Å²) in [6.07, 6.45) is 3.22. The zero-order valence-corrected chi connectivity index (χ0v) is 10.8. The third-order valence-electron chi connectivity index (χ3n) is 1.94. The van der Waals surface area contributed by atoms with Crippen LogP contribution >= 0.6 is 15.9 Å². The Balaban J connectivity index is 2.70. The molecule has 0 aliphatic rings. The normalized spacial score (nSPS) is 13.8. The Labute approximate surface area is 97.9 Å². The summed E-state index contributed by atoms with van der Waals surface area (Å²) in [6.45, 7) is 0. The monoisotopic (exact) mass is 292 g/mol. The molecular weight excluding hydrogens is 280 g/mol. The summed E-state index contributed by atoms with van der Waals surface area (Å²) in [7, 11) is -2.96. The number of aromatic nitrogens is 1. The number of hydrogen-bond donors (Lipinski definition) is 1. The van der Waals surface area contributed by atoms with Gasteiger partial charge in [-0.1, -0.05) is 0 Å². The van der Waals surface area contributed by atoms with Crippen molar-refractivity contribution in [3.05, 3.63) is 28.5 Å². The van der Waals surface area contributed by atoms with E-state index in [1.54, 1.807) is 12.3 Å². The average Bonchev–Trinajstić information content (AvgIpc) is 2.14. The van der Waals surface area contributed by atoms with Gasteiger partial charge >= 0.3 is 0 Å². The predicted octanol–water partition coefficient (Wildman–Crippen LogP) is 1.28. The zero-order chi connectivity index (χ0) is 11.5. The van der Waals surface area contributed by atoms with E-state index in [1.165, 1.54) is 6.26 Å². The van der Waals surface area contributed by atoms with Crippen molar-refractivity contribution in [2.24, 2.45) is 5.73 Å². The number of halogens is 1. The second-order valence-corrected chi connectivity index (χ2v) is 6.51. The smallest absolute Gasteiger partial charge is 0.147 e. The molecule has 0 aliphatic carbocycles. The van der Waals surface area contributed by atoms with Gasteiger partial charge in [-0.05, 0) is 34.5 Å². The van der Waals surface area contributed by atoms with Gasteiger partial charge in [0.1, 0.15) is 9.84 Å². The summed E-state index contributed by atoms with van der Waals surface area (Å²) in [5.41, 5.74) is 6.54. The molecule has 1 aromatic rings. The minimum absolute atomic E-state index is 0.0805. The molecular formula is C9H13BrN2O2S. The van der Waals surface area contributed by atoms with E-state index in [9.17, 15) is 8.42 Å². The van der Waals surface area contributed by atoms with E-state index in [2.05, 4.69) is 20.9 Å². The molecule has 0 saturated carbocycles. The Morgan fingerprint density at radius 2 is 2.27 bits per heavy atom. The molecule has 1 aromatic heterocycles. The maximum atomic E-state index is 11.0. The Bertz CT molecular complexity index is 433. The molecule has 0 bridgehead atoms. The molecule has 4 nitrogen and oxygen atoms in total. The van der Waals surface area contributed by atoms with Crippen molar-refractivity contribution in [3.8, 4) is 0 Å². The predicted molar refractivity (Wildman–Crippen MR) is 63.2 cm³/mol. The zero-order valence-electron chi connectivity index (χ0n) is 8.35. The lowest BCUT2D eigenvalue weighted by Gasteiger charge is -2.11. The second kappa shape index (κ2) is 5.05. The molecule has 2 N–H and O–H groups in total. The highest BCUT2D eigenvalue weighted by atomic mass is 79.9. The number of sulfone groups is 1. The lowest BCUT2D eigenvalue weighted by atomic mass is 10.1. The molecule has 0 radical (unpaired) electrons. The van der Waals surface area contributed by atoms with Crippen LogP contribution in [-0.2, 0) is 9.84 Å². The van der Waals surface area contributed by atoms with Crippen molar-refractivity contribution in [1.82, 2.24) is 4.98 Å². The van der Waals surface area contributed by atoms with Crippen LogP contribution in [0.25, 0.3) is 0 Å². The van der Waals surface area contributed by atoms with E-state index in [4.69, 9.17) is 5.73 Å². The summed E-state index contributed by atoms with van der Waals surface area (Å²) < 4.78 is 22.7. The third-order valence-corrected chi connectivity index (χ3v) is 3.59. The van der Waals surface area contributed by atoms with Crippen LogP contribution < -0.4 is 5.73 Å². The van der Waals surface area contributed by atoms with Crippen LogP contribution in [0.5, 0.6) is 0 Å². The van der Waals surface area contributed by atoms with Gasteiger partial charge < -0.3 is 5.73 Å². The first-order chi connectivity index (χ1) is 6.90. The lowest BCUT2D eigenvalue weighted by Crippen LogP contribution is -2.17. The van der Waals surface area contributed by atoms with Crippen LogP contribution in [-0.4, -0.2) is 25.4 Å². The molecule has 15 heavy (non-hydrogen) atoms. The number of hydrogen-bond acceptors (Lipinski definition) is 4. The Hall–Kier alpha value is -0.460. The van der Waals surface area contributed by atoms with E-state index >= 15 is 0 Å². The third kappa shape index (κ3) is 4.27. The fourth-order valence-electron chi connectivity index (χ4n) is 1.15. The highest BCUT2D eigenvalue weighted by Gasteiger charge is 2.13. The van der Waals surface area contributed by atoms with Gasteiger partial charge in [-0.3, -0.25) is 4.98 Å². The number of pyridine rings is 1. The molecule has 0 aromatic carbocycles. The summed E-state index contributed by atoms with van der Waals surface area (Å²) in [6, 6.07) is 3.27. The Kier molecular flexibility index (Phi) is 4.24. The van der Waals surface area contributed by atoms with E-state index in [0.717, 1.165) is 4.47 Å². The van der Waals surface area contributed by atoms with Crippen LogP contribution in [0.1, 0.15) is 18.2 Å².